The smallest absolute Gasteiger partial charge is 0.143 e. The number of para-hydroxylation sites is 2. The molecule has 0 saturated carbocycles. The first-order valence-electron chi connectivity index (χ1n) is 12.8. The summed E-state index contributed by atoms with van der Waals surface area (Å²) >= 11 is 0. The van der Waals surface area contributed by atoms with Gasteiger partial charge in [0.25, 0.3) is 0 Å². The standard InChI is InChI=1S/C36H20O/c1-2-11-24-21(8-1)18-19-23-20-30-26-13-5-9-22-10-6-15-28(32(22)26)34(30)35(33(23)24)29-16-7-14-27-25-12-3-4-17-31(25)37-36(27)29/h1-20H. The molecule has 1 nitrogen and oxygen atoms in total. The van der Waals surface area contributed by atoms with Crippen LogP contribution in [0.15, 0.2) is 126 Å². The largest absolute Gasteiger partial charge is 0.455 e. The van der Waals surface area contributed by atoms with Gasteiger partial charge in [0.2, 0.25) is 0 Å². The summed E-state index contributed by atoms with van der Waals surface area (Å²) in [5, 5.41) is 10.0. The Bertz CT molecular complexity index is 2240. The third kappa shape index (κ3) is 2.43. The number of hydrogen-bond acceptors (Lipinski definition) is 1. The van der Waals surface area contributed by atoms with E-state index in [0.717, 1.165) is 27.5 Å². The van der Waals surface area contributed by atoms with Crippen LogP contribution >= 0.6 is 0 Å². The zero-order chi connectivity index (χ0) is 24.1. The van der Waals surface area contributed by atoms with Crippen molar-refractivity contribution in [2.75, 3.05) is 0 Å². The van der Waals surface area contributed by atoms with Crippen LogP contribution in [-0.2, 0) is 0 Å². The Morgan fingerprint density at radius 2 is 1.05 bits per heavy atom. The van der Waals surface area contributed by atoms with Gasteiger partial charge in [-0.05, 0) is 66.7 Å². The Kier molecular flexibility index (Phi) is 3.59. The van der Waals surface area contributed by atoms with Gasteiger partial charge >= 0.3 is 0 Å². The lowest BCUT2D eigenvalue weighted by Crippen LogP contribution is -1.90. The summed E-state index contributed by atoms with van der Waals surface area (Å²) in [6, 6.07) is 44.0. The van der Waals surface area contributed by atoms with E-state index in [1.54, 1.807) is 0 Å². The number of benzene rings is 7. The Labute approximate surface area is 213 Å². The van der Waals surface area contributed by atoms with Gasteiger partial charge in [0.05, 0.1) is 0 Å². The molecule has 0 fully saturated rings. The molecule has 1 aliphatic rings. The molecule has 37 heavy (non-hydrogen) atoms. The van der Waals surface area contributed by atoms with Gasteiger partial charge < -0.3 is 4.42 Å². The van der Waals surface area contributed by atoms with Crippen molar-refractivity contribution in [3.05, 3.63) is 121 Å². The van der Waals surface area contributed by atoms with Gasteiger partial charge in [-0.15, -0.1) is 0 Å². The van der Waals surface area contributed by atoms with Crippen molar-refractivity contribution in [3.63, 3.8) is 0 Å². The summed E-state index contributed by atoms with van der Waals surface area (Å²) in [6.45, 7) is 0. The summed E-state index contributed by atoms with van der Waals surface area (Å²) in [5.41, 5.74) is 9.53. The molecule has 7 aromatic carbocycles. The number of rotatable bonds is 1. The monoisotopic (exact) mass is 468 g/mol. The van der Waals surface area contributed by atoms with E-state index in [-0.39, 0.29) is 0 Å². The van der Waals surface area contributed by atoms with Crippen molar-refractivity contribution < 1.29 is 4.42 Å². The maximum atomic E-state index is 6.61. The molecule has 9 rings (SSSR count). The molecule has 0 saturated heterocycles. The Hall–Kier alpha value is -4.88. The van der Waals surface area contributed by atoms with Gasteiger partial charge in [0.15, 0.2) is 0 Å². The summed E-state index contributed by atoms with van der Waals surface area (Å²) in [5.74, 6) is 0. The van der Waals surface area contributed by atoms with Crippen LogP contribution in [0.25, 0.3) is 87.6 Å². The Morgan fingerprint density at radius 3 is 1.97 bits per heavy atom. The van der Waals surface area contributed by atoms with Crippen LogP contribution in [0.3, 0.4) is 0 Å². The maximum Gasteiger partial charge on any atom is 0.143 e. The van der Waals surface area contributed by atoms with Crippen molar-refractivity contribution in [1.29, 1.82) is 0 Å². The third-order valence-corrected chi connectivity index (χ3v) is 8.17. The molecule has 0 aliphatic heterocycles. The predicted molar refractivity (Wildman–Crippen MR) is 156 cm³/mol. The minimum atomic E-state index is 0.928. The zero-order valence-corrected chi connectivity index (χ0v) is 20.0. The fraction of sp³-hybridized carbons (Fsp3) is 0. The minimum Gasteiger partial charge on any atom is -0.455 e. The molecule has 0 atom stereocenters. The molecular weight excluding hydrogens is 448 g/mol. The first kappa shape index (κ1) is 19.3. The maximum absolute atomic E-state index is 6.61. The number of fused-ring (bicyclic) bond motifs is 9. The highest BCUT2D eigenvalue weighted by Gasteiger charge is 2.28. The quantitative estimate of drug-likeness (QED) is 0.218. The van der Waals surface area contributed by atoms with Crippen molar-refractivity contribution in [1.82, 2.24) is 0 Å². The molecule has 1 aromatic heterocycles. The topological polar surface area (TPSA) is 13.1 Å². The molecule has 0 amide bonds. The van der Waals surface area contributed by atoms with E-state index in [0.29, 0.717) is 0 Å². The molecule has 8 aromatic rings. The fourth-order valence-corrected chi connectivity index (χ4v) is 6.65. The highest BCUT2D eigenvalue weighted by molar-refractivity contribution is 6.28. The van der Waals surface area contributed by atoms with Gasteiger partial charge in [0.1, 0.15) is 11.2 Å². The lowest BCUT2D eigenvalue weighted by molar-refractivity contribution is 0.670. The van der Waals surface area contributed by atoms with E-state index in [1.165, 1.54) is 60.1 Å². The van der Waals surface area contributed by atoms with Gasteiger partial charge in [-0.2, -0.15) is 0 Å². The molecule has 1 heterocycles. The van der Waals surface area contributed by atoms with E-state index in [2.05, 4.69) is 115 Å². The van der Waals surface area contributed by atoms with Crippen molar-refractivity contribution in [2.24, 2.45) is 0 Å². The van der Waals surface area contributed by atoms with Gasteiger partial charge in [-0.1, -0.05) is 109 Å². The fourth-order valence-electron chi connectivity index (χ4n) is 6.65. The van der Waals surface area contributed by atoms with Crippen molar-refractivity contribution in [2.45, 2.75) is 0 Å². The van der Waals surface area contributed by atoms with Gasteiger partial charge in [-0.25, -0.2) is 0 Å². The van der Waals surface area contributed by atoms with E-state index >= 15 is 0 Å². The highest BCUT2D eigenvalue weighted by atomic mass is 16.3. The van der Waals surface area contributed by atoms with E-state index < -0.39 is 0 Å². The normalized spacial score (nSPS) is 12.3. The zero-order valence-electron chi connectivity index (χ0n) is 20.0. The molecule has 0 N–H and O–H groups in total. The molecule has 1 aliphatic carbocycles. The summed E-state index contributed by atoms with van der Waals surface area (Å²) in [4.78, 5) is 0. The van der Waals surface area contributed by atoms with Crippen molar-refractivity contribution in [3.8, 4) is 33.4 Å². The number of furan rings is 1. The first-order chi connectivity index (χ1) is 18.4. The Morgan fingerprint density at radius 1 is 0.378 bits per heavy atom. The lowest BCUT2D eigenvalue weighted by atomic mass is 9.85. The second-order valence-electron chi connectivity index (χ2n) is 10.0. The van der Waals surface area contributed by atoms with Crippen LogP contribution < -0.4 is 0 Å². The molecule has 0 bridgehead atoms. The summed E-state index contributed by atoms with van der Waals surface area (Å²) < 4.78 is 6.61. The Balaban J connectivity index is 1.56. The molecule has 1 heteroatoms. The first-order valence-corrected chi connectivity index (χ1v) is 12.8. The average molecular weight is 469 g/mol. The molecule has 0 unspecified atom stereocenters. The number of hydrogen-bond donors (Lipinski definition) is 0. The second-order valence-corrected chi connectivity index (χ2v) is 10.0. The van der Waals surface area contributed by atoms with Gasteiger partial charge in [0, 0.05) is 21.9 Å². The third-order valence-electron chi connectivity index (χ3n) is 8.17. The lowest BCUT2D eigenvalue weighted by Gasteiger charge is -2.17. The average Bonchev–Trinajstić information content (AvgIpc) is 3.49. The van der Waals surface area contributed by atoms with Crippen LogP contribution in [0.1, 0.15) is 0 Å². The SMILES string of the molecule is c1cc2c3c(cccc3c1)-c1c-2cc2ccc3ccccc3c2c1-c1cccc2c1oc1ccccc12. The van der Waals surface area contributed by atoms with E-state index in [1.807, 2.05) is 6.07 Å². The predicted octanol–water partition coefficient (Wildman–Crippen LogP) is 10.4. The highest BCUT2D eigenvalue weighted by Crippen LogP contribution is 2.55. The summed E-state index contributed by atoms with van der Waals surface area (Å²) in [7, 11) is 0. The van der Waals surface area contributed by atoms with Crippen LogP contribution in [-0.4, -0.2) is 0 Å². The van der Waals surface area contributed by atoms with Crippen molar-refractivity contribution >= 4 is 54.3 Å². The minimum absolute atomic E-state index is 0.928. The van der Waals surface area contributed by atoms with E-state index in [4.69, 9.17) is 4.42 Å². The molecule has 170 valence electrons. The van der Waals surface area contributed by atoms with Crippen LogP contribution in [0.2, 0.25) is 0 Å². The second kappa shape index (κ2) is 6.87. The molecular formula is C36H20O. The van der Waals surface area contributed by atoms with Gasteiger partial charge in [-0.3, -0.25) is 0 Å². The van der Waals surface area contributed by atoms with Crippen LogP contribution in [0.4, 0.5) is 0 Å². The molecule has 0 radical (unpaired) electrons. The summed E-state index contributed by atoms with van der Waals surface area (Å²) in [6.07, 6.45) is 0. The van der Waals surface area contributed by atoms with Crippen LogP contribution in [0, 0.1) is 0 Å². The molecule has 0 spiro atoms. The van der Waals surface area contributed by atoms with E-state index in [9.17, 15) is 0 Å². The van der Waals surface area contributed by atoms with Crippen LogP contribution in [0.5, 0.6) is 0 Å².